The Bertz CT molecular complexity index is 709. The lowest BCUT2D eigenvalue weighted by molar-refractivity contribution is 0.0827. The first-order valence-electron chi connectivity index (χ1n) is 9.37. The van der Waals surface area contributed by atoms with E-state index < -0.39 is 0 Å². The average molecular weight is 362 g/mol. The van der Waals surface area contributed by atoms with Gasteiger partial charge >= 0.3 is 0 Å². The number of aromatic nitrogens is 4. The molecule has 2 aromatic heterocycles. The van der Waals surface area contributed by atoms with Crippen molar-refractivity contribution < 1.29 is 9.05 Å². The van der Waals surface area contributed by atoms with Gasteiger partial charge in [-0.15, -0.1) is 0 Å². The van der Waals surface area contributed by atoms with Crippen LogP contribution in [0.4, 0.5) is 0 Å². The molecule has 8 heteroatoms. The van der Waals surface area contributed by atoms with Gasteiger partial charge < -0.3 is 9.05 Å². The lowest BCUT2D eigenvalue weighted by Gasteiger charge is -2.36. The Morgan fingerprint density at radius 1 is 0.962 bits per heavy atom. The Labute approximate surface area is 154 Å². The second kappa shape index (κ2) is 7.44. The largest absolute Gasteiger partial charge is 0.339 e. The van der Waals surface area contributed by atoms with Crippen molar-refractivity contribution in [3.05, 3.63) is 23.4 Å². The van der Waals surface area contributed by atoms with Crippen molar-refractivity contribution in [1.82, 2.24) is 30.1 Å². The molecule has 0 aromatic carbocycles. The van der Waals surface area contributed by atoms with Crippen molar-refractivity contribution in [2.45, 2.75) is 65.5 Å². The fourth-order valence-corrected chi connectivity index (χ4v) is 2.94. The van der Waals surface area contributed by atoms with Crippen LogP contribution in [-0.2, 0) is 12.0 Å². The zero-order valence-electron chi connectivity index (χ0n) is 16.7. The van der Waals surface area contributed by atoms with Crippen LogP contribution in [0.1, 0.15) is 76.9 Å². The third kappa shape index (κ3) is 4.29. The van der Waals surface area contributed by atoms with E-state index in [1.807, 2.05) is 0 Å². The summed E-state index contributed by atoms with van der Waals surface area (Å²) in [4.78, 5) is 13.8. The molecule has 8 nitrogen and oxygen atoms in total. The van der Waals surface area contributed by atoms with Crippen LogP contribution in [0.2, 0.25) is 0 Å². The van der Waals surface area contributed by atoms with Gasteiger partial charge in [-0.2, -0.15) is 9.97 Å². The number of hydrogen-bond donors (Lipinski definition) is 0. The van der Waals surface area contributed by atoms with E-state index in [0.29, 0.717) is 11.8 Å². The molecule has 0 aliphatic carbocycles. The first-order chi connectivity index (χ1) is 12.2. The van der Waals surface area contributed by atoms with Gasteiger partial charge in [0.25, 0.3) is 0 Å². The second-order valence-corrected chi connectivity index (χ2v) is 8.40. The molecule has 3 heterocycles. The third-order valence-corrected chi connectivity index (χ3v) is 4.76. The Morgan fingerprint density at radius 3 is 2.19 bits per heavy atom. The highest BCUT2D eigenvalue weighted by Crippen LogP contribution is 2.23. The van der Waals surface area contributed by atoms with Crippen LogP contribution in [0.5, 0.6) is 0 Å². The smallest absolute Gasteiger partial charge is 0.243 e. The normalized spacial score (nSPS) is 18.6. The molecule has 0 bridgehead atoms. The molecule has 144 valence electrons. The fraction of sp³-hybridized carbons (Fsp3) is 0.778. The Morgan fingerprint density at radius 2 is 1.65 bits per heavy atom. The second-order valence-electron chi connectivity index (χ2n) is 8.40. The molecule has 0 saturated carbocycles. The van der Waals surface area contributed by atoms with Crippen molar-refractivity contribution in [3.63, 3.8) is 0 Å². The summed E-state index contributed by atoms with van der Waals surface area (Å²) in [6, 6.07) is 0.134. The number of piperazine rings is 1. The summed E-state index contributed by atoms with van der Waals surface area (Å²) in [6.07, 6.45) is 0. The number of hydrogen-bond acceptors (Lipinski definition) is 8. The SMILES string of the molecule is CC(C)c1noc([C@@H](C)N2CCN(Cc3noc(C(C)(C)C)n3)CC2)n1. The molecule has 0 amide bonds. The van der Waals surface area contributed by atoms with Crippen molar-refractivity contribution in [2.75, 3.05) is 26.2 Å². The van der Waals surface area contributed by atoms with Gasteiger partial charge in [-0.25, -0.2) is 0 Å². The minimum Gasteiger partial charge on any atom is -0.339 e. The van der Waals surface area contributed by atoms with E-state index in [-0.39, 0.29) is 17.4 Å². The minimum atomic E-state index is -0.113. The highest BCUT2D eigenvalue weighted by molar-refractivity contribution is 4.99. The Kier molecular flexibility index (Phi) is 5.43. The molecular weight excluding hydrogens is 332 g/mol. The van der Waals surface area contributed by atoms with Crippen molar-refractivity contribution in [3.8, 4) is 0 Å². The van der Waals surface area contributed by atoms with Gasteiger partial charge in [-0.1, -0.05) is 44.9 Å². The van der Waals surface area contributed by atoms with E-state index in [1.165, 1.54) is 0 Å². The van der Waals surface area contributed by atoms with E-state index in [4.69, 9.17) is 9.05 Å². The van der Waals surface area contributed by atoms with Gasteiger partial charge in [-0.3, -0.25) is 9.80 Å². The molecule has 0 radical (unpaired) electrons. The molecule has 1 aliphatic rings. The first-order valence-corrected chi connectivity index (χ1v) is 9.37. The molecule has 3 rings (SSSR count). The molecule has 0 unspecified atom stereocenters. The average Bonchev–Trinajstić information content (AvgIpc) is 3.24. The van der Waals surface area contributed by atoms with Gasteiger partial charge in [0.2, 0.25) is 11.8 Å². The van der Waals surface area contributed by atoms with E-state index in [2.05, 4.69) is 71.6 Å². The fourth-order valence-electron chi connectivity index (χ4n) is 2.94. The van der Waals surface area contributed by atoms with Crippen molar-refractivity contribution >= 4 is 0 Å². The molecule has 2 aromatic rings. The van der Waals surface area contributed by atoms with Gasteiger partial charge in [0.15, 0.2) is 11.6 Å². The molecule has 1 fully saturated rings. The third-order valence-electron chi connectivity index (χ3n) is 4.76. The highest BCUT2D eigenvalue weighted by atomic mass is 16.5. The summed E-state index contributed by atoms with van der Waals surface area (Å²) < 4.78 is 10.8. The molecule has 26 heavy (non-hydrogen) atoms. The van der Waals surface area contributed by atoms with Crippen molar-refractivity contribution in [2.24, 2.45) is 0 Å². The van der Waals surface area contributed by atoms with Crippen LogP contribution in [0, 0.1) is 0 Å². The number of rotatable bonds is 5. The van der Waals surface area contributed by atoms with Gasteiger partial charge in [0.05, 0.1) is 12.6 Å². The predicted octanol–water partition coefficient (Wildman–Crippen LogP) is 2.75. The van der Waals surface area contributed by atoms with Gasteiger partial charge in [-0.05, 0) is 6.92 Å². The summed E-state index contributed by atoms with van der Waals surface area (Å²) in [5, 5.41) is 8.20. The molecule has 1 saturated heterocycles. The topological polar surface area (TPSA) is 84.3 Å². The summed E-state index contributed by atoms with van der Waals surface area (Å²) in [7, 11) is 0. The summed E-state index contributed by atoms with van der Waals surface area (Å²) in [5.74, 6) is 3.21. The number of nitrogens with zero attached hydrogens (tertiary/aromatic N) is 6. The minimum absolute atomic E-state index is 0.113. The Hall–Kier alpha value is -1.80. The lowest BCUT2D eigenvalue weighted by atomic mass is 9.97. The maximum Gasteiger partial charge on any atom is 0.243 e. The monoisotopic (exact) mass is 362 g/mol. The predicted molar refractivity (Wildman–Crippen MR) is 96.7 cm³/mol. The maximum absolute atomic E-state index is 5.45. The lowest BCUT2D eigenvalue weighted by Crippen LogP contribution is -2.46. The standard InChI is InChI=1S/C18H30N6O2/c1-12(2)15-20-16(25-22-15)13(3)24-9-7-23(8-10-24)11-14-19-17(26-21-14)18(4,5)6/h12-13H,7-11H2,1-6H3/t13-/m1/s1. The molecule has 0 N–H and O–H groups in total. The molecular formula is C18H30N6O2. The highest BCUT2D eigenvalue weighted by Gasteiger charge is 2.27. The maximum atomic E-state index is 5.45. The van der Waals surface area contributed by atoms with E-state index in [9.17, 15) is 0 Å². The van der Waals surface area contributed by atoms with E-state index in [0.717, 1.165) is 44.4 Å². The summed E-state index contributed by atoms with van der Waals surface area (Å²) in [5.41, 5.74) is -0.113. The van der Waals surface area contributed by atoms with Crippen molar-refractivity contribution in [1.29, 1.82) is 0 Å². The van der Waals surface area contributed by atoms with Crippen LogP contribution in [0.3, 0.4) is 0 Å². The van der Waals surface area contributed by atoms with Crippen LogP contribution in [0.15, 0.2) is 9.05 Å². The quantitative estimate of drug-likeness (QED) is 0.803. The van der Waals surface area contributed by atoms with Crippen LogP contribution >= 0.6 is 0 Å². The summed E-state index contributed by atoms with van der Waals surface area (Å²) in [6.45, 7) is 17.0. The Balaban J connectivity index is 1.53. The zero-order valence-corrected chi connectivity index (χ0v) is 16.7. The van der Waals surface area contributed by atoms with Crippen LogP contribution < -0.4 is 0 Å². The van der Waals surface area contributed by atoms with Gasteiger partial charge in [0, 0.05) is 37.5 Å². The van der Waals surface area contributed by atoms with Crippen LogP contribution in [-0.4, -0.2) is 56.3 Å². The van der Waals surface area contributed by atoms with Crippen LogP contribution in [0.25, 0.3) is 0 Å². The molecule has 1 aliphatic heterocycles. The summed E-state index contributed by atoms with van der Waals surface area (Å²) >= 11 is 0. The first kappa shape index (κ1) is 19.0. The molecule has 1 atom stereocenters. The van der Waals surface area contributed by atoms with E-state index >= 15 is 0 Å². The zero-order chi connectivity index (χ0) is 18.9. The molecule has 0 spiro atoms. The van der Waals surface area contributed by atoms with Gasteiger partial charge in [0.1, 0.15) is 0 Å². The van der Waals surface area contributed by atoms with E-state index in [1.54, 1.807) is 0 Å².